The van der Waals surface area contributed by atoms with Gasteiger partial charge in [0.15, 0.2) is 0 Å². The smallest absolute Gasteiger partial charge is 0.257 e. The Morgan fingerprint density at radius 1 is 1.24 bits per heavy atom. The summed E-state index contributed by atoms with van der Waals surface area (Å²) in [5.74, 6) is 0.558. The number of nitrogens with one attached hydrogen (secondary N) is 2. The Bertz CT molecular complexity index is 633. The standard InChI is InChI=1S/C15H15Br2N3O/c1-3-18-13-5-4-10(8-19-13)15(21)20-14-11(16)6-9(2)7-12(14)17/h4-8H,3H2,1-2H3,(H,18,19)(H,20,21). The number of anilines is 2. The number of carbonyl (C=O) groups is 1. The predicted octanol–water partition coefficient (Wildman–Crippen LogP) is 4.60. The third-order valence-corrected chi connectivity index (χ3v) is 4.06. The van der Waals surface area contributed by atoms with Gasteiger partial charge in [0.25, 0.3) is 5.91 Å². The first-order valence-electron chi connectivity index (χ1n) is 6.48. The van der Waals surface area contributed by atoms with E-state index in [1.165, 1.54) is 0 Å². The molecule has 2 rings (SSSR count). The maximum Gasteiger partial charge on any atom is 0.257 e. The molecule has 1 amide bonds. The van der Waals surface area contributed by atoms with E-state index in [4.69, 9.17) is 0 Å². The summed E-state index contributed by atoms with van der Waals surface area (Å²) in [6, 6.07) is 7.44. The van der Waals surface area contributed by atoms with Gasteiger partial charge in [0.2, 0.25) is 0 Å². The zero-order valence-electron chi connectivity index (χ0n) is 11.7. The zero-order chi connectivity index (χ0) is 15.4. The van der Waals surface area contributed by atoms with E-state index in [-0.39, 0.29) is 5.91 Å². The lowest BCUT2D eigenvalue weighted by Crippen LogP contribution is -2.13. The van der Waals surface area contributed by atoms with Gasteiger partial charge in [-0.1, -0.05) is 0 Å². The normalized spacial score (nSPS) is 10.3. The third-order valence-electron chi connectivity index (χ3n) is 2.81. The number of aromatic nitrogens is 1. The number of benzene rings is 1. The van der Waals surface area contributed by atoms with Crippen molar-refractivity contribution in [1.29, 1.82) is 0 Å². The van der Waals surface area contributed by atoms with E-state index in [1.54, 1.807) is 18.3 Å². The minimum Gasteiger partial charge on any atom is -0.370 e. The summed E-state index contributed by atoms with van der Waals surface area (Å²) in [6.07, 6.45) is 1.56. The lowest BCUT2D eigenvalue weighted by Gasteiger charge is -2.11. The molecule has 21 heavy (non-hydrogen) atoms. The van der Waals surface area contributed by atoms with Crippen LogP contribution in [0.4, 0.5) is 11.5 Å². The molecule has 2 N–H and O–H groups in total. The minimum atomic E-state index is -0.198. The average Bonchev–Trinajstić information content (AvgIpc) is 2.43. The summed E-state index contributed by atoms with van der Waals surface area (Å²) in [7, 11) is 0. The number of hydrogen-bond acceptors (Lipinski definition) is 3. The van der Waals surface area contributed by atoms with Gasteiger partial charge in [-0.15, -0.1) is 0 Å². The van der Waals surface area contributed by atoms with E-state index >= 15 is 0 Å². The third kappa shape index (κ3) is 4.04. The van der Waals surface area contributed by atoms with E-state index < -0.39 is 0 Å². The Morgan fingerprint density at radius 2 is 1.90 bits per heavy atom. The van der Waals surface area contributed by atoms with E-state index in [1.807, 2.05) is 26.0 Å². The molecular weight excluding hydrogens is 398 g/mol. The Morgan fingerprint density at radius 3 is 2.43 bits per heavy atom. The van der Waals surface area contributed by atoms with Gasteiger partial charge in [-0.05, 0) is 75.5 Å². The molecule has 0 spiro atoms. The fraction of sp³-hybridized carbons (Fsp3) is 0.200. The SMILES string of the molecule is CCNc1ccc(C(=O)Nc2c(Br)cc(C)cc2Br)cn1. The highest BCUT2D eigenvalue weighted by Crippen LogP contribution is 2.32. The summed E-state index contributed by atoms with van der Waals surface area (Å²) in [6.45, 7) is 4.78. The predicted molar refractivity (Wildman–Crippen MR) is 92.9 cm³/mol. The molecule has 1 aromatic heterocycles. The van der Waals surface area contributed by atoms with Crippen molar-refractivity contribution < 1.29 is 4.79 Å². The lowest BCUT2D eigenvalue weighted by molar-refractivity contribution is 0.102. The number of aryl methyl sites for hydroxylation is 1. The van der Waals surface area contributed by atoms with Gasteiger partial charge in [-0.3, -0.25) is 4.79 Å². The monoisotopic (exact) mass is 411 g/mol. The average molecular weight is 413 g/mol. The number of halogens is 2. The quantitative estimate of drug-likeness (QED) is 0.771. The van der Waals surface area contributed by atoms with E-state index in [9.17, 15) is 4.79 Å². The summed E-state index contributed by atoms with van der Waals surface area (Å²) >= 11 is 6.92. The lowest BCUT2D eigenvalue weighted by atomic mass is 10.2. The van der Waals surface area contributed by atoms with Gasteiger partial charge in [0, 0.05) is 21.7 Å². The fourth-order valence-corrected chi connectivity index (χ4v) is 3.43. The first-order chi connectivity index (χ1) is 10.0. The molecule has 0 unspecified atom stereocenters. The van der Waals surface area contributed by atoms with Crippen molar-refractivity contribution in [3.05, 3.63) is 50.5 Å². The Balaban J connectivity index is 2.18. The van der Waals surface area contributed by atoms with Crippen LogP contribution in [-0.2, 0) is 0 Å². The van der Waals surface area contributed by atoms with Gasteiger partial charge in [0.1, 0.15) is 5.82 Å². The molecule has 110 valence electrons. The summed E-state index contributed by atoms with van der Waals surface area (Å²) in [5.41, 5.74) is 2.32. The van der Waals surface area contributed by atoms with Crippen molar-refractivity contribution in [2.24, 2.45) is 0 Å². The van der Waals surface area contributed by atoms with Crippen molar-refractivity contribution >= 4 is 49.3 Å². The van der Waals surface area contributed by atoms with Crippen LogP contribution in [-0.4, -0.2) is 17.4 Å². The highest BCUT2D eigenvalue weighted by Gasteiger charge is 2.12. The van der Waals surface area contributed by atoms with E-state index in [0.29, 0.717) is 11.3 Å². The maximum atomic E-state index is 12.3. The van der Waals surface area contributed by atoms with Crippen molar-refractivity contribution in [3.8, 4) is 0 Å². The highest BCUT2D eigenvalue weighted by molar-refractivity contribution is 9.11. The molecular formula is C15H15Br2N3O. The number of carbonyl (C=O) groups excluding carboxylic acids is 1. The molecule has 0 aliphatic heterocycles. The van der Waals surface area contributed by atoms with Crippen LogP contribution in [0, 0.1) is 6.92 Å². The number of pyridine rings is 1. The van der Waals surface area contributed by atoms with Crippen LogP contribution in [0.25, 0.3) is 0 Å². The van der Waals surface area contributed by atoms with Crippen LogP contribution in [0.2, 0.25) is 0 Å². The van der Waals surface area contributed by atoms with Crippen LogP contribution >= 0.6 is 31.9 Å². The first kappa shape index (κ1) is 16.0. The van der Waals surface area contributed by atoms with Gasteiger partial charge in [0.05, 0.1) is 11.3 Å². The molecule has 0 saturated heterocycles. The molecule has 6 heteroatoms. The Hall–Kier alpha value is -1.40. The molecule has 0 aliphatic carbocycles. The number of hydrogen-bond donors (Lipinski definition) is 2. The van der Waals surface area contributed by atoms with Crippen LogP contribution in [0.3, 0.4) is 0 Å². The topological polar surface area (TPSA) is 54.0 Å². The Labute approximate surface area is 140 Å². The van der Waals surface area contributed by atoms with E-state index in [0.717, 1.165) is 26.9 Å². The van der Waals surface area contributed by atoms with Gasteiger partial charge >= 0.3 is 0 Å². The molecule has 0 radical (unpaired) electrons. The number of nitrogens with zero attached hydrogens (tertiary/aromatic N) is 1. The van der Waals surface area contributed by atoms with Gasteiger partial charge < -0.3 is 10.6 Å². The molecule has 4 nitrogen and oxygen atoms in total. The van der Waals surface area contributed by atoms with Crippen LogP contribution in [0.15, 0.2) is 39.4 Å². The molecule has 0 fully saturated rings. The number of rotatable bonds is 4. The second-order valence-corrected chi connectivity index (χ2v) is 6.23. The minimum absolute atomic E-state index is 0.198. The van der Waals surface area contributed by atoms with Gasteiger partial charge in [-0.2, -0.15) is 0 Å². The van der Waals surface area contributed by atoms with E-state index in [2.05, 4.69) is 47.5 Å². The molecule has 0 atom stereocenters. The van der Waals surface area contributed by atoms with Crippen molar-refractivity contribution in [2.75, 3.05) is 17.2 Å². The molecule has 0 saturated carbocycles. The molecule has 0 bridgehead atoms. The van der Waals surface area contributed by atoms with Crippen molar-refractivity contribution in [3.63, 3.8) is 0 Å². The second kappa shape index (κ2) is 7.04. The van der Waals surface area contributed by atoms with Crippen LogP contribution in [0.5, 0.6) is 0 Å². The molecule has 0 aliphatic rings. The van der Waals surface area contributed by atoms with Crippen LogP contribution in [0.1, 0.15) is 22.8 Å². The second-order valence-electron chi connectivity index (χ2n) is 4.52. The summed E-state index contributed by atoms with van der Waals surface area (Å²) in [4.78, 5) is 16.5. The van der Waals surface area contributed by atoms with Gasteiger partial charge in [-0.25, -0.2) is 4.98 Å². The molecule has 2 aromatic rings. The van der Waals surface area contributed by atoms with Crippen LogP contribution < -0.4 is 10.6 Å². The first-order valence-corrected chi connectivity index (χ1v) is 8.06. The summed E-state index contributed by atoms with van der Waals surface area (Å²) in [5, 5.41) is 5.97. The zero-order valence-corrected chi connectivity index (χ0v) is 14.9. The highest BCUT2D eigenvalue weighted by atomic mass is 79.9. The fourth-order valence-electron chi connectivity index (χ4n) is 1.82. The van der Waals surface area contributed by atoms with Crippen molar-refractivity contribution in [2.45, 2.75) is 13.8 Å². The van der Waals surface area contributed by atoms with Crippen molar-refractivity contribution in [1.82, 2.24) is 4.98 Å². The molecule has 1 heterocycles. The largest absolute Gasteiger partial charge is 0.370 e. The maximum absolute atomic E-state index is 12.3. The number of amides is 1. The summed E-state index contributed by atoms with van der Waals surface area (Å²) < 4.78 is 1.67. The Kier molecular flexibility index (Phi) is 5.36. The molecule has 1 aromatic carbocycles.